The molecule has 4 N–H and O–H groups in total. The Hall–Kier alpha value is -0.650. The van der Waals surface area contributed by atoms with Crippen molar-refractivity contribution in [3.05, 3.63) is 0 Å². The van der Waals surface area contributed by atoms with Crippen LogP contribution in [-0.2, 0) is 9.53 Å². The quantitative estimate of drug-likeness (QED) is 0.692. The highest BCUT2D eigenvalue weighted by molar-refractivity contribution is 5.83. The average molecular weight is 284 g/mol. The first-order valence-electron chi connectivity index (χ1n) is 7.89. The van der Waals surface area contributed by atoms with Gasteiger partial charge < -0.3 is 20.9 Å². The second kappa shape index (κ2) is 7.38. The molecular formula is C15H28N2O3. The predicted octanol–water partition coefficient (Wildman–Crippen LogP) is 0.657. The molecule has 0 aromatic carbocycles. The minimum atomic E-state index is -0.443. The third-order valence-corrected chi connectivity index (χ3v) is 5.15. The van der Waals surface area contributed by atoms with E-state index >= 15 is 0 Å². The minimum absolute atomic E-state index is 0.0746. The van der Waals surface area contributed by atoms with Gasteiger partial charge in [0.1, 0.15) is 0 Å². The van der Waals surface area contributed by atoms with Crippen LogP contribution in [0.4, 0.5) is 0 Å². The lowest BCUT2D eigenvalue weighted by Crippen LogP contribution is -2.50. The summed E-state index contributed by atoms with van der Waals surface area (Å²) < 4.78 is 5.34. The van der Waals surface area contributed by atoms with Crippen LogP contribution in [0.3, 0.4) is 0 Å². The Morgan fingerprint density at radius 1 is 1.25 bits per heavy atom. The second-order valence-corrected chi connectivity index (χ2v) is 6.29. The summed E-state index contributed by atoms with van der Waals surface area (Å²) in [6.07, 6.45) is 6.00. The summed E-state index contributed by atoms with van der Waals surface area (Å²) in [6.45, 7) is 2.53. The first kappa shape index (κ1) is 15.7. The summed E-state index contributed by atoms with van der Waals surface area (Å²) in [4.78, 5) is 12.5. The summed E-state index contributed by atoms with van der Waals surface area (Å²) in [5.74, 6) is 0.825. The van der Waals surface area contributed by atoms with Gasteiger partial charge in [0.2, 0.25) is 5.91 Å². The average Bonchev–Trinajstić information content (AvgIpc) is 2.53. The smallest absolute Gasteiger partial charge is 0.227 e. The lowest BCUT2D eigenvalue weighted by atomic mass is 9.77. The van der Waals surface area contributed by atoms with Gasteiger partial charge in [0.15, 0.2) is 0 Å². The van der Waals surface area contributed by atoms with E-state index in [0.29, 0.717) is 51.0 Å². The van der Waals surface area contributed by atoms with Crippen molar-refractivity contribution in [2.75, 3.05) is 32.9 Å². The molecule has 1 heterocycles. The molecule has 1 aliphatic heterocycles. The van der Waals surface area contributed by atoms with E-state index in [9.17, 15) is 9.90 Å². The third kappa shape index (κ3) is 3.51. The van der Waals surface area contributed by atoms with Gasteiger partial charge in [0.25, 0.3) is 0 Å². The predicted molar refractivity (Wildman–Crippen MR) is 77.1 cm³/mol. The SMILES string of the molecule is NCC1(C(=O)NCC2CCCCC2CO)CCOCC1. The van der Waals surface area contributed by atoms with Crippen LogP contribution >= 0.6 is 0 Å². The number of amides is 1. The van der Waals surface area contributed by atoms with E-state index in [1.807, 2.05) is 0 Å². The van der Waals surface area contributed by atoms with Crippen LogP contribution in [0.15, 0.2) is 0 Å². The van der Waals surface area contributed by atoms with Gasteiger partial charge in [-0.2, -0.15) is 0 Å². The van der Waals surface area contributed by atoms with Gasteiger partial charge >= 0.3 is 0 Å². The largest absolute Gasteiger partial charge is 0.396 e. The molecule has 0 radical (unpaired) electrons. The summed E-state index contributed by atoms with van der Waals surface area (Å²) in [6, 6.07) is 0. The van der Waals surface area contributed by atoms with Crippen molar-refractivity contribution in [1.29, 1.82) is 0 Å². The van der Waals surface area contributed by atoms with Crippen LogP contribution in [0.25, 0.3) is 0 Å². The molecule has 0 aromatic heterocycles. The Morgan fingerprint density at radius 3 is 2.50 bits per heavy atom. The molecule has 1 saturated carbocycles. The van der Waals surface area contributed by atoms with Gasteiger partial charge in [-0.25, -0.2) is 0 Å². The fourth-order valence-electron chi connectivity index (χ4n) is 3.49. The standard InChI is InChI=1S/C15H28N2O3/c16-11-15(5-7-20-8-6-15)14(19)17-9-12-3-1-2-4-13(12)10-18/h12-13,18H,1-11,16H2,(H,17,19). The number of hydrogen-bond acceptors (Lipinski definition) is 4. The molecule has 5 heteroatoms. The van der Waals surface area contributed by atoms with Gasteiger partial charge in [-0.3, -0.25) is 4.79 Å². The molecule has 5 nitrogen and oxygen atoms in total. The molecule has 1 aliphatic carbocycles. The summed E-state index contributed by atoms with van der Waals surface area (Å²) >= 11 is 0. The maximum Gasteiger partial charge on any atom is 0.227 e. The maximum atomic E-state index is 12.5. The normalized spacial score (nSPS) is 29.9. The summed E-state index contributed by atoms with van der Waals surface area (Å²) in [7, 11) is 0. The van der Waals surface area contributed by atoms with Gasteiger partial charge in [-0.05, 0) is 37.5 Å². The van der Waals surface area contributed by atoms with Crippen LogP contribution in [0, 0.1) is 17.3 Å². The topological polar surface area (TPSA) is 84.6 Å². The van der Waals surface area contributed by atoms with E-state index < -0.39 is 5.41 Å². The molecule has 2 fully saturated rings. The molecule has 2 atom stereocenters. The molecule has 0 bridgehead atoms. The number of hydrogen-bond donors (Lipinski definition) is 3. The van der Waals surface area contributed by atoms with Crippen molar-refractivity contribution >= 4 is 5.91 Å². The van der Waals surface area contributed by atoms with Crippen LogP contribution in [0.5, 0.6) is 0 Å². The van der Waals surface area contributed by atoms with Crippen LogP contribution in [-0.4, -0.2) is 43.9 Å². The number of ether oxygens (including phenoxy) is 1. The van der Waals surface area contributed by atoms with Gasteiger partial charge in [-0.15, -0.1) is 0 Å². The van der Waals surface area contributed by atoms with E-state index in [-0.39, 0.29) is 12.5 Å². The Balaban J connectivity index is 1.86. The first-order chi connectivity index (χ1) is 9.72. The maximum absolute atomic E-state index is 12.5. The van der Waals surface area contributed by atoms with Crippen molar-refractivity contribution in [3.63, 3.8) is 0 Å². The third-order valence-electron chi connectivity index (χ3n) is 5.15. The number of nitrogens with two attached hydrogens (primary N) is 1. The van der Waals surface area contributed by atoms with E-state index in [2.05, 4.69) is 5.32 Å². The van der Waals surface area contributed by atoms with Crippen molar-refractivity contribution in [2.45, 2.75) is 38.5 Å². The number of nitrogens with one attached hydrogen (secondary N) is 1. The first-order valence-corrected chi connectivity index (χ1v) is 7.89. The summed E-state index contributed by atoms with van der Waals surface area (Å²) in [5.41, 5.74) is 5.40. The van der Waals surface area contributed by atoms with E-state index in [0.717, 1.165) is 12.8 Å². The van der Waals surface area contributed by atoms with Crippen molar-refractivity contribution in [1.82, 2.24) is 5.32 Å². The minimum Gasteiger partial charge on any atom is -0.396 e. The van der Waals surface area contributed by atoms with E-state index in [4.69, 9.17) is 10.5 Å². The van der Waals surface area contributed by atoms with Crippen molar-refractivity contribution < 1.29 is 14.6 Å². The molecule has 20 heavy (non-hydrogen) atoms. The Kier molecular flexibility index (Phi) is 5.81. The Morgan fingerprint density at radius 2 is 1.90 bits per heavy atom. The molecule has 1 amide bonds. The highest BCUT2D eigenvalue weighted by Crippen LogP contribution is 2.31. The molecule has 0 spiro atoms. The lowest BCUT2D eigenvalue weighted by molar-refractivity contribution is -0.136. The second-order valence-electron chi connectivity index (χ2n) is 6.29. The van der Waals surface area contributed by atoms with Gasteiger partial charge in [-0.1, -0.05) is 12.8 Å². The highest BCUT2D eigenvalue weighted by atomic mass is 16.5. The van der Waals surface area contributed by atoms with Gasteiger partial charge in [0.05, 0.1) is 5.41 Å². The zero-order valence-electron chi connectivity index (χ0n) is 12.3. The Labute approximate surface area is 121 Å². The fraction of sp³-hybridized carbons (Fsp3) is 0.933. The fourth-order valence-corrected chi connectivity index (χ4v) is 3.49. The lowest BCUT2D eigenvalue weighted by Gasteiger charge is -2.36. The highest BCUT2D eigenvalue weighted by Gasteiger charge is 2.39. The molecule has 2 aliphatic rings. The van der Waals surface area contributed by atoms with Crippen molar-refractivity contribution in [3.8, 4) is 0 Å². The molecule has 0 aromatic rings. The number of carbonyl (C=O) groups is 1. The number of carbonyl (C=O) groups excluding carboxylic acids is 1. The number of aliphatic hydroxyl groups excluding tert-OH is 1. The molecule has 116 valence electrons. The van der Waals surface area contributed by atoms with Crippen LogP contribution < -0.4 is 11.1 Å². The zero-order chi connectivity index (χ0) is 14.4. The van der Waals surface area contributed by atoms with E-state index in [1.165, 1.54) is 12.8 Å². The number of aliphatic hydroxyl groups is 1. The number of rotatable bonds is 5. The van der Waals surface area contributed by atoms with Gasteiger partial charge in [0, 0.05) is 32.9 Å². The molecule has 2 rings (SSSR count). The molecule has 1 saturated heterocycles. The molecular weight excluding hydrogens is 256 g/mol. The monoisotopic (exact) mass is 284 g/mol. The van der Waals surface area contributed by atoms with Crippen molar-refractivity contribution in [2.24, 2.45) is 23.0 Å². The van der Waals surface area contributed by atoms with Crippen LogP contribution in [0.1, 0.15) is 38.5 Å². The molecule has 2 unspecified atom stereocenters. The van der Waals surface area contributed by atoms with Crippen LogP contribution in [0.2, 0.25) is 0 Å². The Bertz CT molecular complexity index is 316. The summed E-state index contributed by atoms with van der Waals surface area (Å²) in [5, 5.41) is 12.5. The zero-order valence-corrected chi connectivity index (χ0v) is 12.3. The van der Waals surface area contributed by atoms with E-state index in [1.54, 1.807) is 0 Å².